The van der Waals surface area contributed by atoms with Gasteiger partial charge in [0.2, 0.25) is 0 Å². The highest BCUT2D eigenvalue weighted by Crippen LogP contribution is 1.99. The van der Waals surface area contributed by atoms with Crippen molar-refractivity contribution in [3.8, 4) is 0 Å². The van der Waals surface area contributed by atoms with Crippen LogP contribution in [0.4, 0.5) is 0 Å². The Morgan fingerprint density at radius 3 is 2.25 bits per heavy atom. The maximum Gasteiger partial charge on any atom is -0.0166 e. The maximum absolute atomic E-state index is 2.23. The molecule has 0 saturated carbocycles. The minimum Gasteiger partial charge on any atom is -0.0914 e. The summed E-state index contributed by atoms with van der Waals surface area (Å²) in [6.07, 6.45) is 15.1. The van der Waals surface area contributed by atoms with Crippen LogP contribution < -0.4 is 0 Å². The van der Waals surface area contributed by atoms with Crippen molar-refractivity contribution in [1.82, 2.24) is 0 Å². The van der Waals surface area contributed by atoms with E-state index in [0.717, 1.165) is 12.3 Å². The van der Waals surface area contributed by atoms with Gasteiger partial charge in [-0.1, -0.05) is 50.3 Å². The van der Waals surface area contributed by atoms with Gasteiger partial charge in [-0.25, -0.2) is 0 Å². The Hall–Kier alpha value is -0.780. The topological polar surface area (TPSA) is 0 Å². The highest BCUT2D eigenvalue weighted by atomic mass is 13.9. The Morgan fingerprint density at radius 1 is 1.00 bits per heavy atom. The number of allylic oxidation sites excluding steroid dienone is 6. The Balaban J connectivity index is 3.39. The lowest BCUT2D eigenvalue weighted by molar-refractivity contribution is 0.664. The van der Waals surface area contributed by atoms with Crippen LogP contribution in [0.25, 0.3) is 0 Å². The van der Waals surface area contributed by atoms with Gasteiger partial charge in [-0.15, -0.1) is 0 Å². The minimum absolute atomic E-state index is 0.769. The quantitative estimate of drug-likeness (QED) is 0.423. The smallest absolute Gasteiger partial charge is 0.0166 e. The van der Waals surface area contributed by atoms with Gasteiger partial charge in [0.1, 0.15) is 0 Å². The summed E-state index contributed by atoms with van der Waals surface area (Å²) in [4.78, 5) is 0. The predicted molar refractivity (Wildman–Crippen MR) is 57.2 cm³/mol. The molecular weight excluding hydrogens is 144 g/mol. The van der Waals surface area contributed by atoms with Gasteiger partial charge in [0.25, 0.3) is 0 Å². The lowest BCUT2D eigenvalue weighted by atomic mass is 10.1. The van der Waals surface area contributed by atoms with E-state index in [1.54, 1.807) is 0 Å². The highest BCUT2D eigenvalue weighted by molar-refractivity contribution is 5.04. The Kier molecular flexibility index (Phi) is 7.78. The van der Waals surface area contributed by atoms with Crippen molar-refractivity contribution < 1.29 is 0 Å². The van der Waals surface area contributed by atoms with Crippen molar-refractivity contribution in [2.45, 2.75) is 33.6 Å². The van der Waals surface area contributed by atoms with E-state index in [1.807, 2.05) is 6.92 Å². The molecular formula is C12H20. The molecule has 0 radical (unpaired) electrons. The molecule has 0 heteroatoms. The van der Waals surface area contributed by atoms with Crippen LogP contribution >= 0.6 is 0 Å². The second-order valence-corrected chi connectivity index (χ2v) is 3.29. The summed E-state index contributed by atoms with van der Waals surface area (Å²) in [7, 11) is 0. The molecule has 0 saturated heterocycles. The zero-order valence-electron chi connectivity index (χ0n) is 8.46. The van der Waals surface area contributed by atoms with Crippen LogP contribution in [0.5, 0.6) is 0 Å². The zero-order valence-corrected chi connectivity index (χ0v) is 8.46. The summed E-state index contributed by atoms with van der Waals surface area (Å²) in [6.45, 7) is 6.50. The molecule has 0 nitrogen and oxygen atoms in total. The van der Waals surface area contributed by atoms with Gasteiger partial charge in [-0.05, 0) is 25.7 Å². The van der Waals surface area contributed by atoms with Gasteiger partial charge < -0.3 is 0 Å². The summed E-state index contributed by atoms with van der Waals surface area (Å²) >= 11 is 0. The third kappa shape index (κ3) is 9.22. The molecule has 0 aliphatic rings. The van der Waals surface area contributed by atoms with Crippen LogP contribution in [0.2, 0.25) is 0 Å². The lowest BCUT2D eigenvalue weighted by Gasteiger charge is -1.94. The Labute approximate surface area is 76.7 Å². The van der Waals surface area contributed by atoms with Gasteiger partial charge in [0.05, 0.1) is 0 Å². The van der Waals surface area contributed by atoms with Crippen LogP contribution in [0.3, 0.4) is 0 Å². The fourth-order valence-electron chi connectivity index (χ4n) is 0.801. The fraction of sp³-hybridized carbons (Fsp3) is 0.500. The SMILES string of the molecule is CC=CCC=CC=CCC(C)C. The molecule has 0 N–H and O–H groups in total. The molecule has 68 valence electrons. The number of hydrogen-bond donors (Lipinski definition) is 0. The van der Waals surface area contributed by atoms with E-state index in [9.17, 15) is 0 Å². The number of hydrogen-bond acceptors (Lipinski definition) is 0. The van der Waals surface area contributed by atoms with E-state index in [0.29, 0.717) is 0 Å². The van der Waals surface area contributed by atoms with Crippen LogP contribution in [0, 0.1) is 5.92 Å². The van der Waals surface area contributed by atoms with E-state index in [-0.39, 0.29) is 0 Å². The van der Waals surface area contributed by atoms with Gasteiger partial charge in [-0.3, -0.25) is 0 Å². The number of rotatable bonds is 5. The molecule has 0 unspecified atom stereocenters. The minimum atomic E-state index is 0.769. The molecule has 0 aromatic carbocycles. The van der Waals surface area contributed by atoms with Gasteiger partial charge in [0, 0.05) is 0 Å². The summed E-state index contributed by atoms with van der Waals surface area (Å²) in [6, 6.07) is 0. The van der Waals surface area contributed by atoms with Crippen molar-refractivity contribution >= 4 is 0 Å². The summed E-state index contributed by atoms with van der Waals surface area (Å²) in [5, 5.41) is 0. The third-order valence-electron chi connectivity index (χ3n) is 1.50. The maximum atomic E-state index is 2.23. The van der Waals surface area contributed by atoms with Gasteiger partial charge in [-0.2, -0.15) is 0 Å². The van der Waals surface area contributed by atoms with Crippen LogP contribution in [0.15, 0.2) is 36.5 Å². The molecule has 0 aromatic heterocycles. The van der Waals surface area contributed by atoms with Crippen molar-refractivity contribution in [3.05, 3.63) is 36.5 Å². The summed E-state index contributed by atoms with van der Waals surface area (Å²) < 4.78 is 0. The molecule has 0 atom stereocenters. The van der Waals surface area contributed by atoms with Gasteiger partial charge in [0.15, 0.2) is 0 Å². The first-order valence-corrected chi connectivity index (χ1v) is 4.70. The molecule has 0 heterocycles. The largest absolute Gasteiger partial charge is 0.0914 e. The molecule has 0 spiro atoms. The van der Waals surface area contributed by atoms with E-state index in [1.165, 1.54) is 6.42 Å². The first-order chi connectivity index (χ1) is 5.77. The van der Waals surface area contributed by atoms with Crippen molar-refractivity contribution in [3.63, 3.8) is 0 Å². The van der Waals surface area contributed by atoms with Crippen LogP contribution in [-0.4, -0.2) is 0 Å². The lowest BCUT2D eigenvalue weighted by Crippen LogP contribution is -1.80. The van der Waals surface area contributed by atoms with Gasteiger partial charge >= 0.3 is 0 Å². The summed E-state index contributed by atoms with van der Waals surface area (Å²) in [5.41, 5.74) is 0. The predicted octanol–water partition coefficient (Wildman–Crippen LogP) is 4.11. The Morgan fingerprint density at radius 2 is 1.67 bits per heavy atom. The Bertz CT molecular complexity index is 159. The average molecular weight is 164 g/mol. The second kappa shape index (κ2) is 8.32. The van der Waals surface area contributed by atoms with E-state index < -0.39 is 0 Å². The molecule has 0 aliphatic carbocycles. The standard InChI is InChI=1S/C12H20/c1-4-5-6-7-8-9-10-11-12(2)3/h4-5,7-10,12H,6,11H2,1-3H3. The van der Waals surface area contributed by atoms with E-state index in [4.69, 9.17) is 0 Å². The van der Waals surface area contributed by atoms with E-state index >= 15 is 0 Å². The molecule has 0 aliphatic heterocycles. The molecule has 0 aromatic rings. The fourth-order valence-corrected chi connectivity index (χ4v) is 0.801. The zero-order chi connectivity index (χ0) is 9.23. The molecule has 0 bridgehead atoms. The summed E-state index contributed by atoms with van der Waals surface area (Å²) in [5.74, 6) is 0.769. The molecule has 12 heavy (non-hydrogen) atoms. The highest BCUT2D eigenvalue weighted by Gasteiger charge is 1.84. The van der Waals surface area contributed by atoms with Crippen LogP contribution in [-0.2, 0) is 0 Å². The molecule has 0 amide bonds. The molecule has 0 fully saturated rings. The van der Waals surface area contributed by atoms with Crippen molar-refractivity contribution in [2.75, 3.05) is 0 Å². The monoisotopic (exact) mass is 164 g/mol. The third-order valence-corrected chi connectivity index (χ3v) is 1.50. The van der Waals surface area contributed by atoms with Crippen molar-refractivity contribution in [2.24, 2.45) is 5.92 Å². The average Bonchev–Trinajstić information content (AvgIpc) is 2.02. The normalized spacial score (nSPS) is 13.0. The first kappa shape index (κ1) is 11.2. The van der Waals surface area contributed by atoms with Crippen molar-refractivity contribution in [1.29, 1.82) is 0 Å². The first-order valence-electron chi connectivity index (χ1n) is 4.70. The van der Waals surface area contributed by atoms with Crippen LogP contribution in [0.1, 0.15) is 33.6 Å². The van der Waals surface area contributed by atoms with E-state index in [2.05, 4.69) is 50.3 Å². The molecule has 0 rings (SSSR count). The second-order valence-electron chi connectivity index (χ2n) is 3.29.